The highest BCUT2D eigenvalue weighted by atomic mass is 19.1. The van der Waals surface area contributed by atoms with Gasteiger partial charge in [-0.05, 0) is 32.8 Å². The number of fused-ring (bicyclic) bond motifs is 2. The lowest BCUT2D eigenvalue weighted by atomic mass is 10.1. The standard InChI is InChI=1S/C25H27FN10/c1-34(2)14-15-8-16(10-27-9-15)22-21(26)20-17(12-29-22)32-33-24(20)25-30-18-11-28-13-19(23(18)31-25)36-6-4-35(3)5-7-36/h8-13H,4-7,14H2,1-3H3,(H,30,31)(H,32,33). The Morgan fingerprint density at radius 1 is 0.972 bits per heavy atom. The van der Waals surface area contributed by atoms with Crippen molar-refractivity contribution in [2.45, 2.75) is 6.54 Å². The summed E-state index contributed by atoms with van der Waals surface area (Å²) in [5.41, 5.74) is 5.29. The molecule has 11 heteroatoms. The molecule has 10 nitrogen and oxygen atoms in total. The zero-order valence-corrected chi connectivity index (χ0v) is 20.5. The number of anilines is 1. The molecule has 6 heterocycles. The van der Waals surface area contributed by atoms with Gasteiger partial charge in [-0.3, -0.25) is 20.1 Å². The number of aromatic amines is 2. The zero-order valence-electron chi connectivity index (χ0n) is 20.5. The first-order valence-corrected chi connectivity index (χ1v) is 11.9. The Morgan fingerprint density at radius 2 is 1.78 bits per heavy atom. The molecule has 184 valence electrons. The molecule has 0 bridgehead atoms. The number of pyridine rings is 3. The van der Waals surface area contributed by atoms with E-state index in [2.05, 4.69) is 47.0 Å². The second-order valence-electron chi connectivity index (χ2n) is 9.53. The predicted molar refractivity (Wildman–Crippen MR) is 137 cm³/mol. The average Bonchev–Trinajstić information content (AvgIpc) is 3.49. The molecule has 0 aliphatic carbocycles. The molecule has 0 amide bonds. The minimum atomic E-state index is -0.460. The molecule has 0 unspecified atom stereocenters. The van der Waals surface area contributed by atoms with Gasteiger partial charge in [-0.25, -0.2) is 9.37 Å². The Balaban J connectivity index is 1.43. The Morgan fingerprint density at radius 3 is 2.58 bits per heavy atom. The van der Waals surface area contributed by atoms with Gasteiger partial charge in [0.1, 0.15) is 16.9 Å². The maximum Gasteiger partial charge on any atom is 0.161 e. The van der Waals surface area contributed by atoms with Gasteiger partial charge in [0.15, 0.2) is 11.6 Å². The van der Waals surface area contributed by atoms with Gasteiger partial charge in [0.2, 0.25) is 0 Å². The van der Waals surface area contributed by atoms with Crippen LogP contribution in [0.25, 0.3) is 44.7 Å². The first-order chi connectivity index (χ1) is 17.5. The minimum absolute atomic E-state index is 0.231. The summed E-state index contributed by atoms with van der Waals surface area (Å²) in [5.74, 6) is 0.0214. The van der Waals surface area contributed by atoms with E-state index in [-0.39, 0.29) is 5.69 Å². The van der Waals surface area contributed by atoms with Crippen molar-refractivity contribution < 1.29 is 4.39 Å². The lowest BCUT2D eigenvalue weighted by Gasteiger charge is -2.33. The molecule has 0 spiro atoms. The van der Waals surface area contributed by atoms with Crippen molar-refractivity contribution in [2.75, 3.05) is 52.2 Å². The van der Waals surface area contributed by atoms with Crippen molar-refractivity contribution in [3.8, 4) is 22.8 Å². The lowest BCUT2D eigenvalue weighted by Crippen LogP contribution is -2.44. The molecule has 5 aromatic rings. The molecule has 5 aromatic heterocycles. The molecule has 1 aliphatic heterocycles. The maximum absolute atomic E-state index is 16.0. The number of piperazine rings is 1. The van der Waals surface area contributed by atoms with Crippen molar-refractivity contribution in [3.63, 3.8) is 0 Å². The molecule has 6 rings (SSSR count). The topological polar surface area (TPSA) is 106 Å². The van der Waals surface area contributed by atoms with Crippen LogP contribution in [0.1, 0.15) is 5.56 Å². The number of rotatable bonds is 5. The molecular formula is C25H27FN10. The smallest absolute Gasteiger partial charge is 0.161 e. The van der Waals surface area contributed by atoms with Crippen LogP contribution in [-0.4, -0.2) is 92.2 Å². The van der Waals surface area contributed by atoms with Crippen LogP contribution in [-0.2, 0) is 6.54 Å². The van der Waals surface area contributed by atoms with Gasteiger partial charge in [-0.2, -0.15) is 5.10 Å². The molecule has 2 N–H and O–H groups in total. The molecule has 0 atom stereocenters. The van der Waals surface area contributed by atoms with E-state index >= 15 is 4.39 Å². The summed E-state index contributed by atoms with van der Waals surface area (Å²) in [6.45, 7) is 4.45. The van der Waals surface area contributed by atoms with E-state index in [1.807, 2.05) is 31.3 Å². The van der Waals surface area contributed by atoms with Gasteiger partial charge < -0.3 is 19.7 Å². The molecule has 1 aliphatic rings. The predicted octanol–water partition coefficient (Wildman–Crippen LogP) is 2.91. The van der Waals surface area contributed by atoms with Crippen LogP contribution in [0.4, 0.5) is 10.1 Å². The third-order valence-electron chi connectivity index (χ3n) is 6.55. The summed E-state index contributed by atoms with van der Waals surface area (Å²) < 4.78 is 16.0. The van der Waals surface area contributed by atoms with Gasteiger partial charge in [-0.1, -0.05) is 0 Å². The van der Waals surface area contributed by atoms with Crippen LogP contribution in [0.3, 0.4) is 0 Å². The summed E-state index contributed by atoms with van der Waals surface area (Å²) >= 11 is 0. The Hall–Kier alpha value is -3.96. The normalized spacial score (nSPS) is 15.0. The van der Waals surface area contributed by atoms with Crippen LogP contribution in [0, 0.1) is 5.82 Å². The first-order valence-electron chi connectivity index (χ1n) is 11.9. The van der Waals surface area contributed by atoms with Crippen molar-refractivity contribution in [2.24, 2.45) is 0 Å². The van der Waals surface area contributed by atoms with E-state index in [4.69, 9.17) is 4.98 Å². The molecule has 36 heavy (non-hydrogen) atoms. The van der Waals surface area contributed by atoms with Gasteiger partial charge in [0.25, 0.3) is 0 Å². The van der Waals surface area contributed by atoms with Gasteiger partial charge in [-0.15, -0.1) is 0 Å². The summed E-state index contributed by atoms with van der Waals surface area (Å²) in [4.78, 5) is 27.9. The largest absolute Gasteiger partial charge is 0.366 e. The zero-order chi connectivity index (χ0) is 24.8. The van der Waals surface area contributed by atoms with Gasteiger partial charge in [0, 0.05) is 50.7 Å². The average molecular weight is 487 g/mol. The van der Waals surface area contributed by atoms with E-state index in [0.29, 0.717) is 34.5 Å². The number of H-pyrrole nitrogens is 2. The van der Waals surface area contributed by atoms with E-state index < -0.39 is 5.82 Å². The third-order valence-corrected chi connectivity index (χ3v) is 6.55. The van der Waals surface area contributed by atoms with Crippen LogP contribution in [0.15, 0.2) is 37.1 Å². The summed E-state index contributed by atoms with van der Waals surface area (Å²) in [7, 11) is 6.08. The van der Waals surface area contributed by atoms with Crippen LogP contribution in [0.2, 0.25) is 0 Å². The number of imidazole rings is 1. The first kappa shape index (κ1) is 22.5. The Kier molecular flexibility index (Phi) is 5.57. The Labute approximate surface area is 207 Å². The number of aromatic nitrogens is 7. The van der Waals surface area contributed by atoms with Crippen molar-refractivity contribution in [1.82, 2.24) is 44.9 Å². The molecule has 0 saturated carbocycles. The highest BCUT2D eigenvalue weighted by molar-refractivity contribution is 5.97. The number of hydrogen-bond acceptors (Lipinski definition) is 8. The molecule has 0 radical (unpaired) electrons. The van der Waals surface area contributed by atoms with E-state index in [9.17, 15) is 0 Å². The lowest BCUT2D eigenvalue weighted by molar-refractivity contribution is 0.313. The monoisotopic (exact) mass is 486 g/mol. The van der Waals surface area contributed by atoms with Crippen LogP contribution < -0.4 is 4.90 Å². The number of nitrogens with one attached hydrogen (secondary N) is 2. The van der Waals surface area contributed by atoms with Gasteiger partial charge >= 0.3 is 0 Å². The number of likely N-dealkylation sites (N-methyl/N-ethyl adjacent to an activating group) is 1. The Bertz CT molecular complexity index is 1550. The highest BCUT2D eigenvalue weighted by Gasteiger charge is 2.23. The fourth-order valence-corrected chi connectivity index (χ4v) is 4.73. The van der Waals surface area contributed by atoms with Crippen molar-refractivity contribution >= 4 is 27.6 Å². The highest BCUT2D eigenvalue weighted by Crippen LogP contribution is 2.34. The number of hydrogen-bond donors (Lipinski definition) is 2. The molecular weight excluding hydrogens is 459 g/mol. The van der Waals surface area contributed by atoms with E-state index in [1.54, 1.807) is 24.8 Å². The second kappa shape index (κ2) is 8.92. The maximum atomic E-state index is 16.0. The van der Waals surface area contributed by atoms with Gasteiger partial charge in [0.05, 0.1) is 40.7 Å². The fraction of sp³-hybridized carbons (Fsp3) is 0.320. The quantitative estimate of drug-likeness (QED) is 0.391. The van der Waals surface area contributed by atoms with Crippen LogP contribution >= 0.6 is 0 Å². The second-order valence-corrected chi connectivity index (χ2v) is 9.53. The molecule has 0 aromatic carbocycles. The van der Waals surface area contributed by atoms with Crippen LogP contribution in [0.5, 0.6) is 0 Å². The summed E-state index contributed by atoms with van der Waals surface area (Å²) in [5, 5.41) is 7.65. The SMILES string of the molecule is CN(C)Cc1cncc(-c2ncc3[nH]nc(-c4nc5c(N6CCN(C)CC6)cncc5[nH]4)c3c2F)c1. The molecule has 1 fully saturated rings. The summed E-state index contributed by atoms with van der Waals surface area (Å²) in [6, 6.07) is 1.92. The molecule has 1 saturated heterocycles. The van der Waals surface area contributed by atoms with E-state index in [1.165, 1.54) is 0 Å². The van der Waals surface area contributed by atoms with Crippen molar-refractivity contribution in [1.29, 1.82) is 0 Å². The number of halogens is 1. The number of nitrogens with zero attached hydrogens (tertiary/aromatic N) is 8. The summed E-state index contributed by atoms with van der Waals surface area (Å²) in [6.07, 6.45) is 8.60. The van der Waals surface area contributed by atoms with E-state index in [0.717, 1.165) is 48.5 Å². The fourth-order valence-electron chi connectivity index (χ4n) is 4.73. The third kappa shape index (κ3) is 3.95. The minimum Gasteiger partial charge on any atom is -0.366 e. The van der Waals surface area contributed by atoms with Crippen molar-refractivity contribution in [3.05, 3.63) is 48.4 Å².